The molecule has 0 saturated carbocycles. The van der Waals surface area contributed by atoms with Crippen LogP contribution in [0.2, 0.25) is 0 Å². The number of carboxylic acids is 1. The number of carbonyl (C=O) groups excluding carboxylic acids is 1. The van der Waals surface area contributed by atoms with Gasteiger partial charge in [-0.3, -0.25) is 14.5 Å². The Morgan fingerprint density at radius 2 is 1.83 bits per heavy atom. The SMILES string of the molecule is CCC(C(=O)c1ccc2c(c1)CCCC2)N1CCC(C(=O)O)CC1. The molecule has 1 N–H and O–H groups in total. The smallest absolute Gasteiger partial charge is 0.306 e. The van der Waals surface area contributed by atoms with Crippen LogP contribution in [0.5, 0.6) is 0 Å². The van der Waals surface area contributed by atoms with Crippen molar-refractivity contribution < 1.29 is 14.7 Å². The summed E-state index contributed by atoms with van der Waals surface area (Å²) in [7, 11) is 0. The zero-order chi connectivity index (χ0) is 17.1. The average molecular weight is 329 g/mol. The molecule has 4 heteroatoms. The van der Waals surface area contributed by atoms with Gasteiger partial charge < -0.3 is 5.11 Å². The Hall–Kier alpha value is -1.68. The third kappa shape index (κ3) is 3.54. The van der Waals surface area contributed by atoms with Crippen molar-refractivity contribution in [2.24, 2.45) is 5.92 Å². The van der Waals surface area contributed by atoms with Crippen molar-refractivity contribution in [1.29, 1.82) is 0 Å². The molecule has 0 bridgehead atoms. The fourth-order valence-corrected chi connectivity index (χ4v) is 4.15. The van der Waals surface area contributed by atoms with Gasteiger partial charge in [0.25, 0.3) is 0 Å². The summed E-state index contributed by atoms with van der Waals surface area (Å²) in [6.45, 7) is 3.45. The highest BCUT2D eigenvalue weighted by Gasteiger charge is 2.31. The largest absolute Gasteiger partial charge is 0.481 e. The second kappa shape index (κ2) is 7.47. The van der Waals surface area contributed by atoms with E-state index < -0.39 is 5.97 Å². The number of rotatable bonds is 5. The summed E-state index contributed by atoms with van der Waals surface area (Å²) in [5.41, 5.74) is 3.56. The third-order valence-corrected chi connectivity index (χ3v) is 5.64. The van der Waals surface area contributed by atoms with Crippen LogP contribution >= 0.6 is 0 Å². The number of fused-ring (bicyclic) bond motifs is 1. The van der Waals surface area contributed by atoms with E-state index in [0.29, 0.717) is 25.9 Å². The molecule has 4 nitrogen and oxygen atoms in total. The maximum absolute atomic E-state index is 13.0. The first-order chi connectivity index (χ1) is 11.6. The molecule has 1 fully saturated rings. The van der Waals surface area contributed by atoms with Gasteiger partial charge in [-0.1, -0.05) is 19.1 Å². The molecule has 1 heterocycles. The molecule has 2 aliphatic rings. The number of aryl methyl sites for hydroxylation is 2. The summed E-state index contributed by atoms with van der Waals surface area (Å²) in [5.74, 6) is -0.763. The molecule has 0 aromatic heterocycles. The van der Waals surface area contributed by atoms with Crippen molar-refractivity contribution in [2.75, 3.05) is 13.1 Å². The summed E-state index contributed by atoms with van der Waals surface area (Å²) >= 11 is 0. The van der Waals surface area contributed by atoms with Gasteiger partial charge >= 0.3 is 5.97 Å². The topological polar surface area (TPSA) is 57.6 Å². The van der Waals surface area contributed by atoms with Gasteiger partial charge in [0.15, 0.2) is 5.78 Å². The molecule has 0 spiro atoms. The standard InChI is InChI=1S/C20H27NO3/c1-2-18(21-11-9-15(10-12-21)20(23)24)19(22)17-8-7-14-5-3-4-6-16(14)13-17/h7-8,13,15,18H,2-6,9-12H2,1H3,(H,23,24). The molecular formula is C20H27NO3. The van der Waals surface area contributed by atoms with E-state index in [1.165, 1.54) is 24.0 Å². The summed E-state index contributed by atoms with van der Waals surface area (Å²) < 4.78 is 0. The number of hydrogen-bond acceptors (Lipinski definition) is 3. The van der Waals surface area contributed by atoms with Crippen LogP contribution in [-0.4, -0.2) is 40.9 Å². The van der Waals surface area contributed by atoms with E-state index >= 15 is 0 Å². The Morgan fingerprint density at radius 3 is 2.46 bits per heavy atom. The lowest BCUT2D eigenvalue weighted by molar-refractivity contribution is -0.143. The van der Waals surface area contributed by atoms with E-state index in [0.717, 1.165) is 24.8 Å². The summed E-state index contributed by atoms with van der Waals surface area (Å²) in [4.78, 5) is 26.3. The predicted molar refractivity (Wildman–Crippen MR) is 93.4 cm³/mol. The highest BCUT2D eigenvalue weighted by Crippen LogP contribution is 2.25. The Bertz CT molecular complexity index is 617. The number of ketones is 1. The number of benzene rings is 1. The van der Waals surface area contributed by atoms with Crippen molar-refractivity contribution in [3.63, 3.8) is 0 Å². The maximum atomic E-state index is 13.0. The van der Waals surface area contributed by atoms with Crippen LogP contribution < -0.4 is 0 Å². The molecule has 1 atom stereocenters. The number of hydrogen-bond donors (Lipinski definition) is 1. The highest BCUT2D eigenvalue weighted by atomic mass is 16.4. The molecule has 1 aromatic carbocycles. The normalized spacial score (nSPS) is 20.4. The monoisotopic (exact) mass is 329 g/mol. The lowest BCUT2D eigenvalue weighted by atomic mass is 9.88. The minimum atomic E-state index is -0.705. The maximum Gasteiger partial charge on any atom is 0.306 e. The van der Waals surface area contributed by atoms with Gasteiger partial charge in [-0.05, 0) is 75.2 Å². The molecule has 1 aliphatic heterocycles. The van der Waals surface area contributed by atoms with Crippen molar-refractivity contribution >= 4 is 11.8 Å². The number of nitrogens with zero attached hydrogens (tertiary/aromatic N) is 1. The fraction of sp³-hybridized carbons (Fsp3) is 0.600. The van der Waals surface area contributed by atoms with Crippen molar-refractivity contribution in [1.82, 2.24) is 4.90 Å². The second-order valence-electron chi connectivity index (χ2n) is 7.13. The second-order valence-corrected chi connectivity index (χ2v) is 7.13. The molecule has 1 aliphatic carbocycles. The van der Waals surface area contributed by atoms with Crippen molar-refractivity contribution in [3.8, 4) is 0 Å². The van der Waals surface area contributed by atoms with E-state index in [1.807, 2.05) is 13.0 Å². The number of aliphatic carboxylic acids is 1. The predicted octanol–water partition coefficient (Wildman–Crippen LogP) is 3.32. The van der Waals surface area contributed by atoms with Crippen LogP contribution in [0, 0.1) is 5.92 Å². The van der Waals surface area contributed by atoms with Crippen molar-refractivity contribution in [3.05, 3.63) is 34.9 Å². The Labute approximate surface area is 143 Å². The lowest BCUT2D eigenvalue weighted by Crippen LogP contribution is -2.46. The van der Waals surface area contributed by atoms with Gasteiger partial charge in [-0.15, -0.1) is 0 Å². The number of piperidine rings is 1. The van der Waals surface area contributed by atoms with Gasteiger partial charge in [-0.2, -0.15) is 0 Å². The van der Waals surface area contributed by atoms with Crippen LogP contribution in [0.1, 0.15) is 60.5 Å². The number of carbonyl (C=O) groups is 2. The molecule has 1 unspecified atom stereocenters. The van der Waals surface area contributed by atoms with Gasteiger partial charge in [0.05, 0.1) is 12.0 Å². The zero-order valence-electron chi connectivity index (χ0n) is 14.5. The van der Waals surface area contributed by atoms with Crippen LogP contribution in [0.25, 0.3) is 0 Å². The minimum absolute atomic E-state index is 0.124. The van der Waals surface area contributed by atoms with E-state index in [-0.39, 0.29) is 17.7 Å². The Morgan fingerprint density at radius 1 is 1.17 bits per heavy atom. The third-order valence-electron chi connectivity index (χ3n) is 5.64. The van der Waals surface area contributed by atoms with Gasteiger partial charge in [0, 0.05) is 5.56 Å². The van der Waals surface area contributed by atoms with E-state index in [2.05, 4.69) is 17.0 Å². The first-order valence-electron chi connectivity index (χ1n) is 9.23. The summed E-state index contributed by atoms with van der Waals surface area (Å²) in [6.07, 6.45) is 6.72. The molecule has 1 aromatic rings. The quantitative estimate of drug-likeness (QED) is 0.842. The Kier molecular flexibility index (Phi) is 5.34. The van der Waals surface area contributed by atoms with Gasteiger partial charge in [0.1, 0.15) is 0 Å². The molecule has 3 rings (SSSR count). The summed E-state index contributed by atoms with van der Waals surface area (Å²) in [6, 6.07) is 6.09. The molecular weight excluding hydrogens is 302 g/mol. The zero-order valence-corrected chi connectivity index (χ0v) is 14.5. The highest BCUT2D eigenvalue weighted by molar-refractivity contribution is 6.00. The first-order valence-corrected chi connectivity index (χ1v) is 9.23. The van der Waals surface area contributed by atoms with E-state index in [4.69, 9.17) is 5.11 Å². The lowest BCUT2D eigenvalue weighted by Gasteiger charge is -2.35. The van der Waals surface area contributed by atoms with Crippen LogP contribution in [-0.2, 0) is 17.6 Å². The van der Waals surface area contributed by atoms with Gasteiger partial charge in [0.2, 0.25) is 0 Å². The summed E-state index contributed by atoms with van der Waals surface area (Å²) in [5, 5.41) is 9.13. The number of Topliss-reactive ketones (excluding diaryl/α,β-unsaturated/α-hetero) is 1. The van der Waals surface area contributed by atoms with Crippen LogP contribution in [0.3, 0.4) is 0 Å². The molecule has 24 heavy (non-hydrogen) atoms. The molecule has 0 amide bonds. The average Bonchev–Trinajstić information content (AvgIpc) is 2.62. The van der Waals surface area contributed by atoms with Crippen LogP contribution in [0.15, 0.2) is 18.2 Å². The van der Waals surface area contributed by atoms with E-state index in [9.17, 15) is 9.59 Å². The first kappa shape index (κ1) is 17.2. The van der Waals surface area contributed by atoms with E-state index in [1.54, 1.807) is 0 Å². The fourth-order valence-electron chi connectivity index (χ4n) is 4.15. The Balaban J connectivity index is 1.71. The van der Waals surface area contributed by atoms with Crippen LogP contribution in [0.4, 0.5) is 0 Å². The van der Waals surface area contributed by atoms with Gasteiger partial charge in [-0.25, -0.2) is 0 Å². The number of likely N-dealkylation sites (tertiary alicyclic amines) is 1. The number of carboxylic acid groups (broad SMARTS) is 1. The molecule has 130 valence electrons. The van der Waals surface area contributed by atoms with Crippen molar-refractivity contribution in [2.45, 2.75) is 57.9 Å². The minimum Gasteiger partial charge on any atom is -0.481 e. The molecule has 0 radical (unpaired) electrons. The molecule has 1 saturated heterocycles.